The summed E-state index contributed by atoms with van der Waals surface area (Å²) < 4.78 is 89.9. The topological polar surface area (TPSA) is 162 Å². The van der Waals surface area contributed by atoms with E-state index in [9.17, 15) is 31.5 Å². The van der Waals surface area contributed by atoms with Gasteiger partial charge in [-0.2, -0.15) is 22.5 Å². The first-order valence-corrected chi connectivity index (χ1v) is 19.6. The van der Waals surface area contributed by atoms with Crippen LogP contribution in [0.5, 0.6) is 11.8 Å². The minimum absolute atomic E-state index is 0.0786. The van der Waals surface area contributed by atoms with Gasteiger partial charge in [-0.15, -0.1) is 10.2 Å². The molecular formula is C37H46F3N7O7S. The maximum absolute atomic E-state index is 14.6. The molecule has 0 aliphatic carbocycles. The fourth-order valence-electron chi connectivity index (χ4n) is 7.08. The zero-order valence-electron chi connectivity index (χ0n) is 31.5. The second-order valence-electron chi connectivity index (χ2n) is 14.6. The summed E-state index contributed by atoms with van der Waals surface area (Å²) in [5.74, 6) is -3.18. The van der Waals surface area contributed by atoms with Gasteiger partial charge in [-0.1, -0.05) is 0 Å². The summed E-state index contributed by atoms with van der Waals surface area (Å²) in [5.41, 5.74) is 1.07. The van der Waals surface area contributed by atoms with E-state index in [1.807, 2.05) is 0 Å². The summed E-state index contributed by atoms with van der Waals surface area (Å²) in [7, 11) is -4.25. The van der Waals surface area contributed by atoms with Crippen LogP contribution in [-0.4, -0.2) is 106 Å². The lowest BCUT2D eigenvalue weighted by molar-refractivity contribution is -0.147. The molecule has 1 saturated heterocycles. The molecule has 0 bridgehead atoms. The molecule has 298 valence electrons. The monoisotopic (exact) mass is 789 g/mol. The Balaban J connectivity index is 1.37. The zero-order chi connectivity index (χ0) is 39.7. The van der Waals surface area contributed by atoms with Gasteiger partial charge in [0.2, 0.25) is 27.6 Å². The number of sulfonamides is 1. The quantitative estimate of drug-likeness (QED) is 0.225. The van der Waals surface area contributed by atoms with Crippen molar-refractivity contribution in [3.63, 3.8) is 0 Å². The number of aromatic nitrogens is 5. The molecule has 18 heteroatoms. The van der Waals surface area contributed by atoms with Gasteiger partial charge in [-0.05, 0) is 107 Å². The van der Waals surface area contributed by atoms with Crippen LogP contribution in [0.4, 0.5) is 13.2 Å². The van der Waals surface area contributed by atoms with Crippen molar-refractivity contribution in [1.29, 1.82) is 0 Å². The Labute approximate surface area is 317 Å². The number of alkyl halides is 3. The van der Waals surface area contributed by atoms with E-state index >= 15 is 0 Å². The van der Waals surface area contributed by atoms with Crippen molar-refractivity contribution in [3.05, 3.63) is 69.9 Å². The fourth-order valence-corrected chi connectivity index (χ4v) is 8.69. The Hall–Kier alpha value is -4.39. The first kappa shape index (κ1) is 40.3. The van der Waals surface area contributed by atoms with Crippen molar-refractivity contribution in [3.8, 4) is 11.8 Å². The molecule has 1 N–H and O–H groups in total. The second-order valence-corrected chi connectivity index (χ2v) is 16.5. The lowest BCUT2D eigenvalue weighted by atomic mass is 9.71. The molecule has 0 amide bonds. The number of carboxylic acid groups (broad SMARTS) is 1. The second kappa shape index (κ2) is 16.0. The number of ether oxygens (including phenoxy) is 3. The normalized spacial score (nSPS) is 18.0. The van der Waals surface area contributed by atoms with Crippen LogP contribution in [0.15, 0.2) is 35.5 Å². The molecule has 1 atom stereocenters. The SMILES string of the molecule is Cc1cnc([C@@H](c2ccn3c(C(F)(F)F)nnc3c2C)C(C)(C)C(=O)O)cc1CN1CCCOCCOc2nc(OCCN3CCCC3)c(C)cc2S1(=O)=O. The number of fused-ring (bicyclic) bond motifs is 2. The van der Waals surface area contributed by atoms with Crippen LogP contribution in [0, 0.1) is 26.2 Å². The molecule has 14 nitrogen and oxygen atoms in total. The molecule has 1 fully saturated rings. The van der Waals surface area contributed by atoms with Crippen LogP contribution in [0.1, 0.15) is 78.4 Å². The van der Waals surface area contributed by atoms with Crippen molar-refractivity contribution < 1.29 is 45.7 Å². The molecule has 4 aromatic heterocycles. The van der Waals surface area contributed by atoms with Crippen LogP contribution in [0.2, 0.25) is 0 Å². The van der Waals surface area contributed by atoms with Gasteiger partial charge in [0.15, 0.2) is 5.65 Å². The molecule has 6 heterocycles. The van der Waals surface area contributed by atoms with Crippen LogP contribution in [0.25, 0.3) is 5.65 Å². The zero-order valence-corrected chi connectivity index (χ0v) is 32.3. The summed E-state index contributed by atoms with van der Waals surface area (Å²) in [6, 6.07) is 4.60. The Bertz CT molecular complexity index is 2150. The molecule has 6 rings (SSSR count). The van der Waals surface area contributed by atoms with E-state index in [-0.39, 0.29) is 60.9 Å². The third kappa shape index (κ3) is 8.41. The molecule has 0 spiro atoms. The highest BCUT2D eigenvalue weighted by atomic mass is 32.2. The fraction of sp³-hybridized carbons (Fsp3) is 0.541. The first-order valence-electron chi connectivity index (χ1n) is 18.2. The van der Waals surface area contributed by atoms with Crippen LogP contribution in [-0.2, 0) is 32.3 Å². The Morgan fingerprint density at radius 1 is 1.02 bits per heavy atom. The van der Waals surface area contributed by atoms with Gasteiger partial charge in [0, 0.05) is 55.8 Å². The van der Waals surface area contributed by atoms with Gasteiger partial charge >= 0.3 is 12.1 Å². The molecule has 2 aliphatic rings. The van der Waals surface area contributed by atoms with Crippen molar-refractivity contribution in [1.82, 2.24) is 33.8 Å². The van der Waals surface area contributed by atoms with Gasteiger partial charge < -0.3 is 19.3 Å². The van der Waals surface area contributed by atoms with Gasteiger partial charge in [-0.3, -0.25) is 19.1 Å². The number of pyridine rings is 3. The van der Waals surface area contributed by atoms with Crippen molar-refractivity contribution >= 4 is 21.6 Å². The Morgan fingerprint density at radius 3 is 2.47 bits per heavy atom. The molecular weight excluding hydrogens is 744 g/mol. The smallest absolute Gasteiger partial charge is 0.452 e. The number of aliphatic carboxylic acids is 1. The predicted molar refractivity (Wildman–Crippen MR) is 194 cm³/mol. The number of aryl methyl sites for hydroxylation is 3. The molecule has 4 aromatic rings. The highest BCUT2D eigenvalue weighted by Crippen LogP contribution is 2.43. The molecule has 0 aromatic carbocycles. The Kier molecular flexibility index (Phi) is 11.7. The third-order valence-corrected chi connectivity index (χ3v) is 12.1. The summed E-state index contributed by atoms with van der Waals surface area (Å²) in [6.45, 7) is 11.8. The first-order chi connectivity index (χ1) is 26.0. The lowest BCUT2D eigenvalue weighted by Crippen LogP contribution is -2.34. The molecule has 55 heavy (non-hydrogen) atoms. The Morgan fingerprint density at radius 2 is 1.76 bits per heavy atom. The average molecular weight is 790 g/mol. The number of hydrogen-bond donors (Lipinski definition) is 1. The highest BCUT2D eigenvalue weighted by molar-refractivity contribution is 7.89. The van der Waals surface area contributed by atoms with E-state index in [1.165, 1.54) is 36.5 Å². The standard InChI is InChI=1S/C37H46F3N7O7S/c1-23-19-29-33(42-32(23)53-16-14-45-10-6-7-11-45)54-18-17-52-15-8-12-46(55(29,50)51)22-26-20-28(41-21-24(26)2)30(36(4,5)35(48)49)27-9-13-47-31(25(27)3)43-44-34(47)37(38,39)40/h9,13,19-21,30H,6-8,10-12,14-18,22H2,1-5H3,(H,48,49)/t30-/m1/s1. The van der Waals surface area contributed by atoms with E-state index in [0.29, 0.717) is 40.8 Å². The summed E-state index contributed by atoms with van der Waals surface area (Å²) >= 11 is 0. The predicted octanol–water partition coefficient (Wildman–Crippen LogP) is 5.17. The van der Waals surface area contributed by atoms with Crippen LogP contribution >= 0.6 is 0 Å². The van der Waals surface area contributed by atoms with E-state index in [0.717, 1.165) is 36.9 Å². The molecule has 0 saturated carbocycles. The van der Waals surface area contributed by atoms with E-state index in [1.54, 1.807) is 33.0 Å². The summed E-state index contributed by atoms with van der Waals surface area (Å²) in [5, 5.41) is 17.6. The number of carbonyl (C=O) groups is 1. The van der Waals surface area contributed by atoms with E-state index < -0.39 is 39.3 Å². The van der Waals surface area contributed by atoms with Crippen molar-refractivity contribution in [2.24, 2.45) is 5.41 Å². The van der Waals surface area contributed by atoms with Gasteiger partial charge in [0.05, 0.1) is 12.0 Å². The van der Waals surface area contributed by atoms with Crippen molar-refractivity contribution in [2.45, 2.75) is 77.4 Å². The lowest BCUT2D eigenvalue weighted by Gasteiger charge is -2.32. The summed E-state index contributed by atoms with van der Waals surface area (Å²) in [6.07, 6.45) is 0.623. The van der Waals surface area contributed by atoms with Gasteiger partial charge in [0.1, 0.15) is 18.1 Å². The van der Waals surface area contributed by atoms with E-state index in [2.05, 4.69) is 25.1 Å². The van der Waals surface area contributed by atoms with Crippen molar-refractivity contribution in [2.75, 3.05) is 52.6 Å². The largest absolute Gasteiger partial charge is 0.481 e. The number of hydrogen-bond acceptors (Lipinski definition) is 11. The molecule has 0 radical (unpaired) electrons. The maximum atomic E-state index is 14.6. The number of carboxylic acids is 1. The van der Waals surface area contributed by atoms with Gasteiger partial charge in [0.25, 0.3) is 0 Å². The number of halogens is 3. The van der Waals surface area contributed by atoms with Gasteiger partial charge in [-0.25, -0.2) is 8.42 Å². The number of nitrogens with zero attached hydrogens (tertiary/aromatic N) is 7. The van der Waals surface area contributed by atoms with Crippen LogP contribution < -0.4 is 9.47 Å². The highest BCUT2D eigenvalue weighted by Gasteiger charge is 2.43. The molecule has 0 unspecified atom stereocenters. The van der Waals surface area contributed by atoms with Crippen LogP contribution in [0.3, 0.4) is 0 Å². The van der Waals surface area contributed by atoms with E-state index in [4.69, 9.17) is 14.2 Å². The third-order valence-electron chi connectivity index (χ3n) is 10.3. The number of likely N-dealkylation sites (tertiary alicyclic amines) is 1. The average Bonchev–Trinajstić information content (AvgIpc) is 3.81. The maximum Gasteiger partial charge on any atom is 0.452 e. The number of rotatable bonds is 10. The summed E-state index contributed by atoms with van der Waals surface area (Å²) in [4.78, 5) is 24.1. The molecule has 2 aliphatic heterocycles. The minimum Gasteiger partial charge on any atom is -0.481 e. The minimum atomic E-state index is -4.76.